The second-order valence-corrected chi connectivity index (χ2v) is 5.50. The summed E-state index contributed by atoms with van der Waals surface area (Å²) in [6.07, 6.45) is 0. The van der Waals surface area contributed by atoms with Gasteiger partial charge < -0.3 is 18.9 Å². The van der Waals surface area contributed by atoms with E-state index in [-0.39, 0.29) is 11.8 Å². The van der Waals surface area contributed by atoms with E-state index >= 15 is 0 Å². The third kappa shape index (κ3) is 5.49. The molecule has 5 nitrogen and oxygen atoms in total. The van der Waals surface area contributed by atoms with Gasteiger partial charge in [0.25, 0.3) is 0 Å². The van der Waals surface area contributed by atoms with Crippen LogP contribution in [0.3, 0.4) is 0 Å². The lowest BCUT2D eigenvalue weighted by Gasteiger charge is -2.46. The molecule has 0 aliphatic carbocycles. The fourth-order valence-corrected chi connectivity index (χ4v) is 2.28. The molecule has 5 heteroatoms. The average Bonchev–Trinajstić information content (AvgIpc) is 2.39. The zero-order chi connectivity index (χ0) is 16.5. The van der Waals surface area contributed by atoms with Gasteiger partial charge in [-0.25, -0.2) is 5.32 Å². The Kier molecular flexibility index (Phi) is 9.65. The van der Waals surface area contributed by atoms with Crippen molar-refractivity contribution in [2.75, 3.05) is 26.4 Å². The third-order valence-electron chi connectivity index (χ3n) is 3.30. The summed E-state index contributed by atoms with van der Waals surface area (Å²) in [6, 6.07) is 0. The molecule has 0 fully saturated rings. The third-order valence-corrected chi connectivity index (χ3v) is 3.30. The number of hydrogen-bond donors (Lipinski definition) is 1. The van der Waals surface area contributed by atoms with Crippen LogP contribution in [0.25, 0.3) is 0 Å². The van der Waals surface area contributed by atoms with Gasteiger partial charge >= 0.3 is 0 Å². The molecule has 0 aliphatic rings. The normalized spacial score (nSPS) is 13.4. The van der Waals surface area contributed by atoms with Gasteiger partial charge in [0.2, 0.25) is 11.8 Å². The van der Waals surface area contributed by atoms with Crippen molar-refractivity contribution >= 4 is 0 Å². The van der Waals surface area contributed by atoms with Crippen LogP contribution >= 0.6 is 0 Å². The Morgan fingerprint density at radius 2 is 0.857 bits per heavy atom. The first kappa shape index (κ1) is 20.8. The molecule has 1 N–H and O–H groups in total. The Hall–Kier alpha value is -0.200. The largest absolute Gasteiger partial charge is 0.337 e. The van der Waals surface area contributed by atoms with Crippen LogP contribution in [-0.4, -0.2) is 38.2 Å². The van der Waals surface area contributed by atoms with E-state index in [9.17, 15) is 0 Å². The summed E-state index contributed by atoms with van der Waals surface area (Å²) in [5, 5.41) is 3.39. The summed E-state index contributed by atoms with van der Waals surface area (Å²) in [7, 11) is 0. The molecule has 0 amide bonds. The summed E-state index contributed by atoms with van der Waals surface area (Å²) >= 11 is 0. The van der Waals surface area contributed by atoms with Crippen molar-refractivity contribution in [1.29, 1.82) is 0 Å². The minimum Gasteiger partial charge on any atom is -0.337 e. The summed E-state index contributed by atoms with van der Waals surface area (Å²) in [5.74, 6) is -1.68. The molecule has 0 atom stereocenters. The van der Waals surface area contributed by atoms with Gasteiger partial charge in [-0.15, -0.1) is 0 Å². The summed E-state index contributed by atoms with van der Waals surface area (Å²) in [6.45, 7) is 18.2. The SMILES string of the molecule is CCOC(NC(OCC)(OCC)C(C)C)(OCC)C(C)C. The van der Waals surface area contributed by atoms with E-state index in [1.165, 1.54) is 0 Å². The maximum atomic E-state index is 5.94. The molecule has 0 heterocycles. The molecule has 0 saturated heterocycles. The zero-order valence-corrected chi connectivity index (χ0v) is 15.1. The van der Waals surface area contributed by atoms with Crippen molar-refractivity contribution < 1.29 is 18.9 Å². The minimum atomic E-state index is -0.932. The minimum absolute atomic E-state index is 0.0939. The van der Waals surface area contributed by atoms with Gasteiger partial charge in [-0.3, -0.25) is 0 Å². The first-order chi connectivity index (χ1) is 9.84. The van der Waals surface area contributed by atoms with Gasteiger partial charge in [0.05, 0.1) is 0 Å². The Morgan fingerprint density at radius 1 is 0.619 bits per heavy atom. The lowest BCUT2D eigenvalue weighted by molar-refractivity contribution is -0.365. The van der Waals surface area contributed by atoms with Gasteiger partial charge in [-0.05, 0) is 27.7 Å². The molecule has 0 saturated carbocycles. The van der Waals surface area contributed by atoms with E-state index in [4.69, 9.17) is 18.9 Å². The fourth-order valence-electron chi connectivity index (χ4n) is 2.28. The molecule has 0 spiro atoms. The Balaban J connectivity index is 5.54. The van der Waals surface area contributed by atoms with Crippen molar-refractivity contribution in [3.63, 3.8) is 0 Å². The van der Waals surface area contributed by atoms with Crippen LogP contribution in [0.2, 0.25) is 0 Å². The lowest BCUT2D eigenvalue weighted by atomic mass is 10.1. The van der Waals surface area contributed by atoms with Crippen LogP contribution in [-0.2, 0) is 18.9 Å². The predicted molar refractivity (Wildman–Crippen MR) is 84.8 cm³/mol. The second kappa shape index (κ2) is 9.74. The van der Waals surface area contributed by atoms with Crippen molar-refractivity contribution in [2.24, 2.45) is 11.8 Å². The lowest BCUT2D eigenvalue weighted by Crippen LogP contribution is -2.67. The highest BCUT2D eigenvalue weighted by Crippen LogP contribution is 2.29. The van der Waals surface area contributed by atoms with E-state index in [1.807, 2.05) is 27.7 Å². The smallest absolute Gasteiger partial charge is 0.233 e. The molecular weight excluding hydrogens is 270 g/mol. The number of ether oxygens (including phenoxy) is 4. The predicted octanol–water partition coefficient (Wildman–Crippen LogP) is 3.34. The van der Waals surface area contributed by atoms with Crippen LogP contribution in [0.1, 0.15) is 55.4 Å². The Morgan fingerprint density at radius 3 is 1.00 bits per heavy atom. The molecule has 21 heavy (non-hydrogen) atoms. The molecule has 0 aromatic rings. The maximum absolute atomic E-state index is 5.94. The van der Waals surface area contributed by atoms with Crippen molar-refractivity contribution in [3.8, 4) is 0 Å². The zero-order valence-electron chi connectivity index (χ0n) is 15.1. The van der Waals surface area contributed by atoms with Gasteiger partial charge in [0.1, 0.15) is 0 Å². The second-order valence-electron chi connectivity index (χ2n) is 5.50. The molecule has 0 radical (unpaired) electrons. The van der Waals surface area contributed by atoms with Crippen LogP contribution in [0.5, 0.6) is 0 Å². The molecule has 0 bridgehead atoms. The van der Waals surface area contributed by atoms with E-state index in [0.29, 0.717) is 26.4 Å². The van der Waals surface area contributed by atoms with Crippen LogP contribution in [0, 0.1) is 11.8 Å². The number of rotatable bonds is 12. The Labute approximate surface area is 130 Å². The van der Waals surface area contributed by atoms with E-state index < -0.39 is 11.8 Å². The molecule has 0 aromatic carbocycles. The van der Waals surface area contributed by atoms with Gasteiger partial charge in [0.15, 0.2) is 0 Å². The molecule has 0 aliphatic heterocycles. The molecular formula is C16H35NO4. The number of hydrogen-bond acceptors (Lipinski definition) is 5. The number of nitrogens with one attached hydrogen (secondary N) is 1. The topological polar surface area (TPSA) is 49.0 Å². The monoisotopic (exact) mass is 305 g/mol. The molecule has 0 unspecified atom stereocenters. The van der Waals surface area contributed by atoms with E-state index in [2.05, 4.69) is 33.0 Å². The van der Waals surface area contributed by atoms with Crippen molar-refractivity contribution in [3.05, 3.63) is 0 Å². The quantitative estimate of drug-likeness (QED) is 0.560. The summed E-state index contributed by atoms with van der Waals surface area (Å²) < 4.78 is 23.7. The fraction of sp³-hybridized carbons (Fsp3) is 1.00. The molecule has 0 rings (SSSR count). The van der Waals surface area contributed by atoms with Gasteiger partial charge in [-0.1, -0.05) is 27.7 Å². The molecule has 0 aromatic heterocycles. The van der Waals surface area contributed by atoms with E-state index in [0.717, 1.165) is 0 Å². The van der Waals surface area contributed by atoms with Crippen LogP contribution in [0.4, 0.5) is 0 Å². The average molecular weight is 305 g/mol. The van der Waals surface area contributed by atoms with Crippen molar-refractivity contribution in [1.82, 2.24) is 5.32 Å². The first-order valence-electron chi connectivity index (χ1n) is 8.19. The van der Waals surface area contributed by atoms with Gasteiger partial charge in [0, 0.05) is 38.3 Å². The van der Waals surface area contributed by atoms with Crippen LogP contribution < -0.4 is 5.32 Å². The van der Waals surface area contributed by atoms with Gasteiger partial charge in [-0.2, -0.15) is 0 Å². The van der Waals surface area contributed by atoms with Crippen molar-refractivity contribution in [2.45, 2.75) is 67.2 Å². The highest BCUT2D eigenvalue weighted by atomic mass is 16.8. The highest BCUT2D eigenvalue weighted by molar-refractivity contribution is 4.81. The summed E-state index contributed by atoms with van der Waals surface area (Å²) in [5.41, 5.74) is 0. The van der Waals surface area contributed by atoms with Crippen LogP contribution in [0.15, 0.2) is 0 Å². The maximum Gasteiger partial charge on any atom is 0.233 e. The molecule has 128 valence electrons. The van der Waals surface area contributed by atoms with E-state index in [1.54, 1.807) is 0 Å². The standard InChI is InChI=1S/C16H35NO4/c1-9-18-15(13(5)6,19-10-2)17-16(14(7)8,20-11-3)21-12-4/h13-14,17H,9-12H2,1-8H3. The Bertz CT molecular complexity index is 231. The first-order valence-corrected chi connectivity index (χ1v) is 8.19. The highest BCUT2D eigenvalue weighted by Gasteiger charge is 2.47. The summed E-state index contributed by atoms with van der Waals surface area (Å²) in [4.78, 5) is 0.